The van der Waals surface area contributed by atoms with E-state index in [1.165, 1.54) is 12.5 Å². The first-order valence-electron chi connectivity index (χ1n) is 7.69. The molecule has 0 fully saturated rings. The Bertz CT molecular complexity index is 651. The average molecular weight is 310 g/mol. The van der Waals surface area contributed by atoms with E-state index in [0.717, 1.165) is 11.1 Å². The molecule has 1 atom stereocenters. The number of carbonyl (C=O) groups is 2. The van der Waals surface area contributed by atoms with E-state index in [9.17, 15) is 9.59 Å². The van der Waals surface area contributed by atoms with Gasteiger partial charge in [-0.2, -0.15) is 0 Å². The lowest BCUT2D eigenvalue weighted by Crippen LogP contribution is -2.32. The van der Waals surface area contributed by atoms with Gasteiger partial charge >= 0.3 is 0 Å². The van der Waals surface area contributed by atoms with Gasteiger partial charge in [-0.3, -0.25) is 9.59 Å². The van der Waals surface area contributed by atoms with Crippen LogP contribution in [0.2, 0.25) is 0 Å². The molecule has 4 nitrogen and oxygen atoms in total. The predicted molar refractivity (Wildman–Crippen MR) is 90.6 cm³/mol. The Labute approximate surface area is 136 Å². The number of hydrogen-bond acceptors (Lipinski definition) is 2. The summed E-state index contributed by atoms with van der Waals surface area (Å²) in [6.45, 7) is 3.97. The van der Waals surface area contributed by atoms with E-state index in [1.807, 2.05) is 61.5 Å². The third-order valence-electron chi connectivity index (χ3n) is 3.58. The summed E-state index contributed by atoms with van der Waals surface area (Å²) in [5.41, 5.74) is 3.17. The van der Waals surface area contributed by atoms with Crippen LogP contribution >= 0.6 is 0 Å². The average Bonchev–Trinajstić information content (AvgIpc) is 2.54. The van der Waals surface area contributed by atoms with Gasteiger partial charge in [0.25, 0.3) is 0 Å². The molecule has 2 aromatic rings. The molecule has 0 aliphatic heterocycles. The minimum absolute atomic E-state index is 0.0896. The second kappa shape index (κ2) is 8.13. The highest BCUT2D eigenvalue weighted by Crippen LogP contribution is 2.16. The van der Waals surface area contributed by atoms with Crippen molar-refractivity contribution < 1.29 is 9.59 Å². The van der Waals surface area contributed by atoms with E-state index < -0.39 is 0 Å². The van der Waals surface area contributed by atoms with Crippen molar-refractivity contribution in [1.29, 1.82) is 0 Å². The maximum Gasteiger partial charge on any atom is 0.222 e. The van der Waals surface area contributed by atoms with E-state index in [4.69, 9.17) is 0 Å². The molecule has 0 heterocycles. The molecule has 2 rings (SSSR count). The Morgan fingerprint density at radius 1 is 1.00 bits per heavy atom. The summed E-state index contributed by atoms with van der Waals surface area (Å²) < 4.78 is 0. The quantitative estimate of drug-likeness (QED) is 0.862. The first kappa shape index (κ1) is 16.7. The molecular weight excluding hydrogens is 288 g/mol. The molecule has 0 radical (unpaired) electrons. The van der Waals surface area contributed by atoms with Crippen molar-refractivity contribution in [3.8, 4) is 0 Å². The molecule has 0 saturated carbocycles. The monoisotopic (exact) mass is 310 g/mol. The lowest BCUT2D eigenvalue weighted by atomic mass is 10.0. The SMILES string of the molecule is CC(=O)N[C@@H](CC(=O)NCc1ccc(C)cc1)c1ccccc1. The van der Waals surface area contributed by atoms with Crippen LogP contribution < -0.4 is 10.6 Å². The van der Waals surface area contributed by atoms with E-state index in [0.29, 0.717) is 6.54 Å². The maximum atomic E-state index is 12.2. The second-order valence-electron chi connectivity index (χ2n) is 5.63. The molecule has 120 valence electrons. The number of nitrogens with one attached hydrogen (secondary N) is 2. The fourth-order valence-corrected chi connectivity index (χ4v) is 2.35. The van der Waals surface area contributed by atoms with E-state index in [-0.39, 0.29) is 24.3 Å². The van der Waals surface area contributed by atoms with Gasteiger partial charge in [0.15, 0.2) is 0 Å². The van der Waals surface area contributed by atoms with Crippen molar-refractivity contribution in [2.45, 2.75) is 32.9 Å². The summed E-state index contributed by atoms with van der Waals surface area (Å²) >= 11 is 0. The lowest BCUT2D eigenvalue weighted by Gasteiger charge is -2.18. The standard InChI is InChI=1S/C19H22N2O2/c1-14-8-10-16(11-9-14)13-20-19(23)12-18(21-15(2)22)17-6-4-3-5-7-17/h3-11,18H,12-13H2,1-2H3,(H,20,23)(H,21,22)/t18-/m0/s1. The van der Waals surface area contributed by atoms with Crippen LogP contribution in [-0.4, -0.2) is 11.8 Å². The van der Waals surface area contributed by atoms with Gasteiger partial charge in [-0.05, 0) is 18.1 Å². The third kappa shape index (κ3) is 5.58. The van der Waals surface area contributed by atoms with Crippen molar-refractivity contribution in [3.63, 3.8) is 0 Å². The molecule has 2 aromatic carbocycles. The van der Waals surface area contributed by atoms with Gasteiger partial charge in [0.05, 0.1) is 12.5 Å². The normalized spacial score (nSPS) is 11.6. The number of amides is 2. The molecule has 0 aliphatic carbocycles. The third-order valence-corrected chi connectivity index (χ3v) is 3.58. The number of aryl methyl sites for hydroxylation is 1. The largest absolute Gasteiger partial charge is 0.352 e. The summed E-state index contributed by atoms with van der Waals surface area (Å²) in [6.07, 6.45) is 0.218. The Morgan fingerprint density at radius 3 is 2.26 bits per heavy atom. The summed E-state index contributed by atoms with van der Waals surface area (Å²) in [6, 6.07) is 17.2. The topological polar surface area (TPSA) is 58.2 Å². The summed E-state index contributed by atoms with van der Waals surface area (Å²) in [5.74, 6) is -0.238. The van der Waals surface area contributed by atoms with Crippen molar-refractivity contribution in [3.05, 3.63) is 71.3 Å². The Hall–Kier alpha value is -2.62. The zero-order valence-corrected chi connectivity index (χ0v) is 13.5. The Kier molecular flexibility index (Phi) is 5.92. The van der Waals surface area contributed by atoms with Gasteiger partial charge in [-0.15, -0.1) is 0 Å². The van der Waals surface area contributed by atoms with Crippen LogP contribution in [0.25, 0.3) is 0 Å². The van der Waals surface area contributed by atoms with E-state index in [2.05, 4.69) is 10.6 Å². The molecule has 0 spiro atoms. The van der Waals surface area contributed by atoms with Gasteiger partial charge < -0.3 is 10.6 Å². The van der Waals surface area contributed by atoms with Gasteiger partial charge in [-0.1, -0.05) is 60.2 Å². The van der Waals surface area contributed by atoms with Crippen LogP contribution in [0.15, 0.2) is 54.6 Å². The molecule has 23 heavy (non-hydrogen) atoms. The number of carbonyl (C=O) groups excluding carboxylic acids is 2. The first-order valence-corrected chi connectivity index (χ1v) is 7.69. The maximum absolute atomic E-state index is 12.2. The fraction of sp³-hybridized carbons (Fsp3) is 0.263. The highest BCUT2D eigenvalue weighted by molar-refractivity contribution is 5.79. The zero-order valence-electron chi connectivity index (χ0n) is 13.5. The van der Waals surface area contributed by atoms with Crippen LogP contribution in [-0.2, 0) is 16.1 Å². The smallest absolute Gasteiger partial charge is 0.222 e. The fourth-order valence-electron chi connectivity index (χ4n) is 2.35. The van der Waals surface area contributed by atoms with Crippen LogP contribution in [0.4, 0.5) is 0 Å². The van der Waals surface area contributed by atoms with Gasteiger partial charge in [-0.25, -0.2) is 0 Å². The molecular formula is C19H22N2O2. The minimum atomic E-state index is -0.313. The van der Waals surface area contributed by atoms with Crippen molar-refractivity contribution in [2.24, 2.45) is 0 Å². The summed E-state index contributed by atoms with van der Waals surface area (Å²) in [4.78, 5) is 23.6. The zero-order chi connectivity index (χ0) is 16.7. The van der Waals surface area contributed by atoms with Gasteiger partial charge in [0, 0.05) is 13.5 Å². The van der Waals surface area contributed by atoms with Crippen molar-refractivity contribution >= 4 is 11.8 Å². The molecule has 0 saturated heterocycles. The molecule has 0 unspecified atom stereocenters. The van der Waals surface area contributed by atoms with Crippen molar-refractivity contribution in [2.75, 3.05) is 0 Å². The molecule has 0 aliphatic rings. The van der Waals surface area contributed by atoms with Crippen LogP contribution in [0, 0.1) is 6.92 Å². The molecule has 2 amide bonds. The number of rotatable bonds is 6. The highest BCUT2D eigenvalue weighted by atomic mass is 16.2. The Balaban J connectivity index is 1.94. The second-order valence-corrected chi connectivity index (χ2v) is 5.63. The highest BCUT2D eigenvalue weighted by Gasteiger charge is 2.16. The summed E-state index contributed by atoms with van der Waals surface area (Å²) in [5, 5.41) is 5.73. The van der Waals surface area contributed by atoms with Gasteiger partial charge in [0.2, 0.25) is 11.8 Å². The molecule has 0 aromatic heterocycles. The van der Waals surface area contributed by atoms with Crippen LogP contribution in [0.1, 0.15) is 36.1 Å². The predicted octanol–water partition coefficient (Wildman–Crippen LogP) is 2.88. The van der Waals surface area contributed by atoms with Crippen molar-refractivity contribution in [1.82, 2.24) is 10.6 Å². The number of benzene rings is 2. The minimum Gasteiger partial charge on any atom is -0.352 e. The van der Waals surface area contributed by atoms with E-state index >= 15 is 0 Å². The molecule has 4 heteroatoms. The van der Waals surface area contributed by atoms with Gasteiger partial charge in [0.1, 0.15) is 0 Å². The first-order chi connectivity index (χ1) is 11.0. The summed E-state index contributed by atoms with van der Waals surface area (Å²) in [7, 11) is 0. The molecule has 0 bridgehead atoms. The Morgan fingerprint density at radius 2 is 1.65 bits per heavy atom. The van der Waals surface area contributed by atoms with E-state index in [1.54, 1.807) is 0 Å². The van der Waals surface area contributed by atoms with Crippen LogP contribution in [0.3, 0.4) is 0 Å². The lowest BCUT2D eigenvalue weighted by molar-refractivity contribution is -0.122. The molecule has 2 N–H and O–H groups in total. The number of hydrogen-bond donors (Lipinski definition) is 2. The van der Waals surface area contributed by atoms with Crippen LogP contribution in [0.5, 0.6) is 0 Å².